The third-order valence-corrected chi connectivity index (χ3v) is 5.15. The summed E-state index contributed by atoms with van der Waals surface area (Å²) in [6.07, 6.45) is 5.89. The average molecular weight is 313 g/mol. The molecule has 0 aromatic carbocycles. The minimum Gasteiger partial charge on any atom is -0.393 e. The van der Waals surface area contributed by atoms with Gasteiger partial charge in [-0.25, -0.2) is 4.98 Å². The Morgan fingerprint density at radius 2 is 2.17 bits per heavy atom. The van der Waals surface area contributed by atoms with E-state index in [4.69, 9.17) is 4.98 Å². The Hall–Kier alpha value is -1.88. The molecule has 2 aliphatic rings. The van der Waals surface area contributed by atoms with E-state index < -0.39 is 0 Å². The Balaban J connectivity index is 1.67. The second-order valence-corrected chi connectivity index (χ2v) is 6.94. The van der Waals surface area contributed by atoms with Crippen LogP contribution in [0, 0.1) is 5.92 Å². The fourth-order valence-electron chi connectivity index (χ4n) is 3.59. The Morgan fingerprint density at radius 1 is 1.35 bits per heavy atom. The van der Waals surface area contributed by atoms with Crippen LogP contribution in [0.25, 0.3) is 5.52 Å². The molecule has 1 saturated carbocycles. The predicted octanol–water partition coefficient (Wildman–Crippen LogP) is 2.44. The first-order chi connectivity index (χ1) is 11.1. The molecule has 0 spiro atoms. The van der Waals surface area contributed by atoms with Crippen molar-refractivity contribution in [1.29, 1.82) is 0 Å². The first-order valence-corrected chi connectivity index (χ1v) is 8.59. The molecule has 23 heavy (non-hydrogen) atoms. The van der Waals surface area contributed by atoms with Gasteiger partial charge < -0.3 is 14.4 Å². The molecule has 4 rings (SSSR count). The van der Waals surface area contributed by atoms with Gasteiger partial charge in [-0.2, -0.15) is 0 Å². The molecule has 2 fully saturated rings. The van der Waals surface area contributed by atoms with E-state index in [1.165, 1.54) is 0 Å². The van der Waals surface area contributed by atoms with Crippen LogP contribution in [0.3, 0.4) is 0 Å². The average Bonchev–Trinajstić information content (AvgIpc) is 3.35. The zero-order valence-corrected chi connectivity index (χ0v) is 13.5. The third kappa shape index (κ3) is 2.63. The maximum atomic E-state index is 13.0. The molecular weight excluding hydrogens is 290 g/mol. The summed E-state index contributed by atoms with van der Waals surface area (Å²) in [7, 11) is 0. The quantitative estimate of drug-likeness (QED) is 0.947. The number of hydrogen-bond acceptors (Lipinski definition) is 3. The summed E-state index contributed by atoms with van der Waals surface area (Å²) >= 11 is 0. The van der Waals surface area contributed by atoms with Crippen molar-refractivity contribution in [3.05, 3.63) is 35.9 Å². The Bertz CT molecular complexity index is 733. The number of rotatable bonds is 3. The zero-order valence-electron chi connectivity index (χ0n) is 13.5. The number of carbonyl (C=O) groups is 1. The normalized spacial score (nSPS) is 23.2. The van der Waals surface area contributed by atoms with Gasteiger partial charge in [0.05, 0.1) is 11.6 Å². The second-order valence-electron chi connectivity index (χ2n) is 6.94. The standard InChI is InChI=1S/C18H23N3O2/c1-12(22)14-5-4-9-20(11-14)18(23)16-15-6-2-3-10-21(15)17(19-16)13-7-8-13/h2-3,6,10,12-14,22H,4-5,7-9,11H2,1H3. The van der Waals surface area contributed by atoms with Crippen molar-refractivity contribution in [3.8, 4) is 0 Å². The van der Waals surface area contributed by atoms with Crippen molar-refractivity contribution >= 4 is 11.4 Å². The molecule has 1 N–H and O–H groups in total. The summed E-state index contributed by atoms with van der Waals surface area (Å²) in [6, 6.07) is 5.92. The van der Waals surface area contributed by atoms with E-state index in [1.807, 2.05) is 36.2 Å². The molecule has 0 radical (unpaired) electrons. The number of pyridine rings is 1. The van der Waals surface area contributed by atoms with Crippen molar-refractivity contribution in [2.75, 3.05) is 13.1 Å². The molecule has 2 atom stereocenters. The van der Waals surface area contributed by atoms with Gasteiger partial charge in [-0.3, -0.25) is 4.79 Å². The smallest absolute Gasteiger partial charge is 0.274 e. The van der Waals surface area contributed by atoms with Crippen LogP contribution >= 0.6 is 0 Å². The number of aliphatic hydroxyl groups is 1. The van der Waals surface area contributed by atoms with Crippen LogP contribution in [-0.4, -0.2) is 44.5 Å². The van der Waals surface area contributed by atoms with E-state index in [1.54, 1.807) is 0 Å². The SMILES string of the molecule is CC(O)C1CCCN(C(=O)c2nc(C3CC3)n3ccccc23)C1. The zero-order chi connectivity index (χ0) is 16.0. The number of carbonyl (C=O) groups excluding carboxylic acids is 1. The Labute approximate surface area is 135 Å². The molecule has 122 valence electrons. The van der Waals surface area contributed by atoms with E-state index in [0.717, 1.165) is 43.6 Å². The molecule has 0 bridgehead atoms. The number of imidazole rings is 1. The highest BCUT2D eigenvalue weighted by atomic mass is 16.3. The minimum atomic E-state index is -0.369. The van der Waals surface area contributed by atoms with Crippen LogP contribution in [0.1, 0.15) is 54.8 Å². The summed E-state index contributed by atoms with van der Waals surface area (Å²) in [5.41, 5.74) is 1.47. The lowest BCUT2D eigenvalue weighted by molar-refractivity contribution is 0.0463. The number of aliphatic hydroxyl groups excluding tert-OH is 1. The maximum absolute atomic E-state index is 13.0. The minimum absolute atomic E-state index is 0.00551. The van der Waals surface area contributed by atoms with Gasteiger partial charge >= 0.3 is 0 Å². The molecule has 5 nitrogen and oxygen atoms in total. The van der Waals surface area contributed by atoms with Crippen molar-refractivity contribution in [1.82, 2.24) is 14.3 Å². The van der Waals surface area contributed by atoms with E-state index in [9.17, 15) is 9.90 Å². The maximum Gasteiger partial charge on any atom is 0.274 e. The predicted molar refractivity (Wildman–Crippen MR) is 87.5 cm³/mol. The van der Waals surface area contributed by atoms with Crippen molar-refractivity contribution in [2.45, 2.75) is 44.6 Å². The van der Waals surface area contributed by atoms with Crippen LogP contribution in [0.5, 0.6) is 0 Å². The lowest BCUT2D eigenvalue weighted by Gasteiger charge is -2.33. The Morgan fingerprint density at radius 3 is 2.91 bits per heavy atom. The molecule has 3 heterocycles. The fourth-order valence-corrected chi connectivity index (χ4v) is 3.59. The summed E-state index contributed by atoms with van der Waals surface area (Å²) in [4.78, 5) is 19.6. The molecule has 2 aromatic heterocycles. The first kappa shape index (κ1) is 14.7. The van der Waals surface area contributed by atoms with Gasteiger partial charge in [0, 0.05) is 31.1 Å². The van der Waals surface area contributed by atoms with Gasteiger partial charge in [0.2, 0.25) is 0 Å². The number of nitrogens with zero attached hydrogens (tertiary/aromatic N) is 3. The largest absolute Gasteiger partial charge is 0.393 e. The number of aromatic nitrogens is 2. The van der Waals surface area contributed by atoms with Crippen LogP contribution in [0.4, 0.5) is 0 Å². The molecule has 1 amide bonds. The highest BCUT2D eigenvalue weighted by molar-refractivity contribution is 5.99. The highest BCUT2D eigenvalue weighted by Crippen LogP contribution is 2.40. The fraction of sp³-hybridized carbons (Fsp3) is 0.556. The van der Waals surface area contributed by atoms with Crippen LogP contribution in [0.15, 0.2) is 24.4 Å². The van der Waals surface area contributed by atoms with Gasteiger partial charge in [0.15, 0.2) is 5.69 Å². The van der Waals surface area contributed by atoms with E-state index in [2.05, 4.69) is 4.40 Å². The number of hydrogen-bond donors (Lipinski definition) is 1. The van der Waals surface area contributed by atoms with Crippen LogP contribution < -0.4 is 0 Å². The molecule has 2 aromatic rings. The molecule has 1 aliphatic heterocycles. The summed E-state index contributed by atoms with van der Waals surface area (Å²) in [6.45, 7) is 3.20. The summed E-state index contributed by atoms with van der Waals surface area (Å²) in [5, 5.41) is 9.85. The van der Waals surface area contributed by atoms with Crippen molar-refractivity contribution in [2.24, 2.45) is 5.92 Å². The van der Waals surface area contributed by atoms with Gasteiger partial charge in [-0.1, -0.05) is 6.07 Å². The number of fused-ring (bicyclic) bond motifs is 1. The van der Waals surface area contributed by atoms with Crippen molar-refractivity contribution < 1.29 is 9.90 Å². The molecule has 1 aliphatic carbocycles. The second kappa shape index (κ2) is 5.64. The lowest BCUT2D eigenvalue weighted by atomic mass is 9.93. The van der Waals surface area contributed by atoms with Gasteiger partial charge in [-0.15, -0.1) is 0 Å². The van der Waals surface area contributed by atoms with Gasteiger partial charge in [-0.05, 0) is 44.7 Å². The van der Waals surface area contributed by atoms with Crippen molar-refractivity contribution in [3.63, 3.8) is 0 Å². The van der Waals surface area contributed by atoms with Gasteiger partial charge in [0.25, 0.3) is 5.91 Å². The van der Waals surface area contributed by atoms with E-state index in [-0.39, 0.29) is 17.9 Å². The highest BCUT2D eigenvalue weighted by Gasteiger charge is 2.33. The summed E-state index contributed by atoms with van der Waals surface area (Å²) in [5.74, 6) is 1.70. The summed E-state index contributed by atoms with van der Waals surface area (Å²) < 4.78 is 2.07. The molecule has 1 saturated heterocycles. The molecule has 5 heteroatoms. The number of piperidine rings is 1. The number of amides is 1. The third-order valence-electron chi connectivity index (χ3n) is 5.15. The van der Waals surface area contributed by atoms with E-state index >= 15 is 0 Å². The molecule has 2 unspecified atom stereocenters. The topological polar surface area (TPSA) is 57.8 Å². The Kier molecular flexibility index (Phi) is 3.60. The first-order valence-electron chi connectivity index (χ1n) is 8.59. The van der Waals surface area contributed by atoms with E-state index in [0.29, 0.717) is 18.2 Å². The van der Waals surface area contributed by atoms with Crippen LogP contribution in [-0.2, 0) is 0 Å². The van der Waals surface area contributed by atoms with Crippen LogP contribution in [0.2, 0.25) is 0 Å². The molecular formula is C18H23N3O2. The van der Waals surface area contributed by atoms with Gasteiger partial charge in [0.1, 0.15) is 5.82 Å². The number of likely N-dealkylation sites (tertiary alicyclic amines) is 1. The lowest BCUT2D eigenvalue weighted by Crippen LogP contribution is -2.43. The monoisotopic (exact) mass is 313 g/mol.